The van der Waals surface area contributed by atoms with Crippen LogP contribution in [0.15, 0.2) is 40.9 Å². The molecule has 0 radical (unpaired) electrons. The number of carbonyl (C=O) groups is 2. The normalized spacial score (nSPS) is 20.3. The molecule has 1 saturated carbocycles. The van der Waals surface area contributed by atoms with E-state index in [1.165, 1.54) is 16.2 Å². The molecule has 2 aliphatic rings. The molecule has 9 heteroatoms. The highest BCUT2D eigenvalue weighted by Gasteiger charge is 2.30. The molecular weight excluding hydrogens is 536 g/mol. The maximum absolute atomic E-state index is 13.0. The number of rotatable bonds is 4. The van der Waals surface area contributed by atoms with Crippen molar-refractivity contribution in [2.45, 2.75) is 50.7 Å². The topological polar surface area (TPSA) is 74.3 Å². The second kappa shape index (κ2) is 10.7. The fraction of sp³-hybridized carbons (Fsp3) is 0.400. The fourth-order valence-electron chi connectivity index (χ4n) is 4.74. The molecule has 2 N–H and O–H groups in total. The molecule has 1 aromatic heterocycles. The summed E-state index contributed by atoms with van der Waals surface area (Å²) in [4.78, 5) is 34.1. The number of nitrogens with one attached hydrogen (secondary N) is 2. The Bertz CT molecular complexity index is 1220. The molecule has 0 bridgehead atoms. The van der Waals surface area contributed by atoms with Crippen molar-refractivity contribution in [3.8, 4) is 0 Å². The molecule has 2 heterocycles. The quantitative estimate of drug-likeness (QED) is 0.472. The Morgan fingerprint density at radius 1 is 1.03 bits per heavy atom. The van der Waals surface area contributed by atoms with Crippen LogP contribution >= 0.6 is 39.7 Å². The summed E-state index contributed by atoms with van der Waals surface area (Å²) in [6, 6.07) is 11.6. The van der Waals surface area contributed by atoms with E-state index in [0.29, 0.717) is 10.6 Å². The van der Waals surface area contributed by atoms with Crippen LogP contribution < -0.4 is 10.6 Å². The van der Waals surface area contributed by atoms with Crippen LogP contribution in [0.2, 0.25) is 0 Å². The largest absolute Gasteiger partial charge is 0.347 e. The summed E-state index contributed by atoms with van der Waals surface area (Å²) in [5.74, 6) is -0.224. The summed E-state index contributed by atoms with van der Waals surface area (Å²) < 4.78 is 1.01. The second-order valence-corrected chi connectivity index (χ2v) is 11.0. The van der Waals surface area contributed by atoms with E-state index in [2.05, 4.69) is 43.5 Å². The zero-order valence-corrected chi connectivity index (χ0v) is 22.2. The molecular formula is C25H28BrClN4O2S. The lowest BCUT2D eigenvalue weighted by Gasteiger charge is -2.32. The van der Waals surface area contributed by atoms with Crippen LogP contribution in [0.25, 0.3) is 10.8 Å². The molecule has 180 valence electrons. The lowest BCUT2D eigenvalue weighted by atomic mass is 9.90. The first-order chi connectivity index (χ1) is 16.0. The Balaban J connectivity index is 0.00000274. The van der Waals surface area contributed by atoms with Gasteiger partial charge in [-0.1, -0.05) is 40.9 Å². The molecule has 0 saturated heterocycles. The first kappa shape index (κ1) is 25.1. The molecule has 34 heavy (non-hydrogen) atoms. The highest BCUT2D eigenvalue weighted by molar-refractivity contribution is 9.10. The Hall–Kier alpha value is -2.00. The highest BCUT2D eigenvalue weighted by atomic mass is 79.9. The monoisotopic (exact) mass is 562 g/mol. The summed E-state index contributed by atoms with van der Waals surface area (Å²) in [6.07, 6.45) is 4.69. The van der Waals surface area contributed by atoms with Gasteiger partial charge in [0.05, 0.1) is 5.69 Å². The fourth-order valence-corrected chi connectivity index (χ4v) is 6.21. The van der Waals surface area contributed by atoms with Gasteiger partial charge < -0.3 is 15.5 Å². The van der Waals surface area contributed by atoms with Gasteiger partial charge in [-0.15, -0.1) is 23.7 Å². The van der Waals surface area contributed by atoms with Gasteiger partial charge in [0.15, 0.2) is 5.01 Å². The molecule has 5 rings (SSSR count). The third kappa shape index (κ3) is 5.46. The summed E-state index contributed by atoms with van der Waals surface area (Å²) in [6.45, 7) is 1.83. The molecule has 1 aliphatic carbocycles. The number of thiazole rings is 1. The van der Waals surface area contributed by atoms with Crippen LogP contribution in [0.1, 0.15) is 56.4 Å². The number of hydrogen-bond acceptors (Lipinski definition) is 5. The maximum Gasteiger partial charge on any atom is 0.280 e. The zero-order chi connectivity index (χ0) is 22.9. The van der Waals surface area contributed by atoms with E-state index in [1.807, 2.05) is 36.4 Å². The molecule has 3 aromatic rings. The van der Waals surface area contributed by atoms with Gasteiger partial charge in [-0.2, -0.15) is 0 Å². The molecule has 0 spiro atoms. The van der Waals surface area contributed by atoms with Crippen molar-refractivity contribution in [1.29, 1.82) is 0 Å². The van der Waals surface area contributed by atoms with Crippen LogP contribution in [-0.2, 0) is 13.0 Å². The predicted molar refractivity (Wildman–Crippen MR) is 142 cm³/mol. The van der Waals surface area contributed by atoms with Crippen molar-refractivity contribution in [1.82, 2.24) is 20.5 Å². The number of benzene rings is 2. The Kier molecular flexibility index (Phi) is 7.92. The van der Waals surface area contributed by atoms with Crippen LogP contribution in [0.5, 0.6) is 0 Å². The van der Waals surface area contributed by atoms with E-state index in [-0.39, 0.29) is 36.3 Å². The summed E-state index contributed by atoms with van der Waals surface area (Å²) >= 11 is 4.98. The average Bonchev–Trinajstić information content (AvgIpc) is 3.23. The summed E-state index contributed by atoms with van der Waals surface area (Å²) in [7, 11) is 2.09. The first-order valence-corrected chi connectivity index (χ1v) is 13.1. The number of aromatic nitrogens is 1. The smallest absolute Gasteiger partial charge is 0.280 e. The van der Waals surface area contributed by atoms with Gasteiger partial charge in [0, 0.05) is 46.5 Å². The van der Waals surface area contributed by atoms with E-state index < -0.39 is 0 Å². The van der Waals surface area contributed by atoms with E-state index in [0.717, 1.165) is 66.1 Å². The first-order valence-electron chi connectivity index (χ1n) is 11.4. The van der Waals surface area contributed by atoms with Crippen molar-refractivity contribution in [3.63, 3.8) is 0 Å². The van der Waals surface area contributed by atoms with Crippen molar-refractivity contribution < 1.29 is 9.59 Å². The second-order valence-electron chi connectivity index (χ2n) is 9.03. The number of nitrogens with zero attached hydrogens (tertiary/aromatic N) is 2. The number of hydrogen-bond donors (Lipinski definition) is 2. The van der Waals surface area contributed by atoms with Crippen LogP contribution in [0.4, 0.5) is 0 Å². The van der Waals surface area contributed by atoms with Gasteiger partial charge in [-0.3, -0.25) is 9.59 Å². The van der Waals surface area contributed by atoms with Crippen molar-refractivity contribution >= 4 is 62.3 Å². The van der Waals surface area contributed by atoms with Gasteiger partial charge in [-0.05, 0) is 54.9 Å². The van der Waals surface area contributed by atoms with Crippen molar-refractivity contribution in [2.75, 3.05) is 13.6 Å². The van der Waals surface area contributed by atoms with E-state index in [4.69, 9.17) is 0 Å². The maximum atomic E-state index is 13.0. The molecule has 2 amide bonds. The lowest BCUT2D eigenvalue weighted by molar-refractivity contribution is 0.0862. The Labute approximate surface area is 218 Å². The molecule has 0 unspecified atom stereocenters. The minimum Gasteiger partial charge on any atom is -0.347 e. The highest BCUT2D eigenvalue weighted by Crippen LogP contribution is 2.26. The number of fused-ring (bicyclic) bond motifs is 2. The van der Waals surface area contributed by atoms with Crippen LogP contribution in [0, 0.1) is 0 Å². The number of carbonyl (C=O) groups excluding carboxylic acids is 2. The standard InChI is InChI=1S/C25H27BrN4O2S.ClH/c1-30-11-10-21-22(14-30)33-25(29-21)24(32)28-20-5-3-2-4-19(20)27-23(31)17-7-6-16-13-18(26)9-8-15(16)12-17;/h6-9,12-13,19-20H,2-5,10-11,14H2,1H3,(H,27,31)(H,28,32);1H/t19-,20+;/m0./s1. The third-order valence-electron chi connectivity index (χ3n) is 6.58. The Morgan fingerprint density at radius 3 is 2.47 bits per heavy atom. The predicted octanol–water partition coefficient (Wildman–Crippen LogP) is 4.94. The number of amides is 2. The van der Waals surface area contributed by atoms with E-state index in [1.54, 1.807) is 0 Å². The van der Waals surface area contributed by atoms with Crippen LogP contribution in [-0.4, -0.2) is 47.4 Å². The van der Waals surface area contributed by atoms with E-state index >= 15 is 0 Å². The zero-order valence-electron chi connectivity index (χ0n) is 19.0. The minimum absolute atomic E-state index is 0. The van der Waals surface area contributed by atoms with Crippen molar-refractivity contribution in [3.05, 3.63) is 62.0 Å². The van der Waals surface area contributed by atoms with E-state index in [9.17, 15) is 9.59 Å². The molecule has 2 atom stereocenters. The van der Waals surface area contributed by atoms with Crippen LogP contribution in [0.3, 0.4) is 0 Å². The minimum atomic E-state index is -0.125. The molecule has 1 aliphatic heterocycles. The lowest BCUT2D eigenvalue weighted by Crippen LogP contribution is -2.53. The van der Waals surface area contributed by atoms with Gasteiger partial charge in [0.25, 0.3) is 11.8 Å². The number of halogens is 2. The molecule has 2 aromatic carbocycles. The summed E-state index contributed by atoms with van der Waals surface area (Å²) in [5.41, 5.74) is 1.69. The van der Waals surface area contributed by atoms with Crippen molar-refractivity contribution in [2.24, 2.45) is 0 Å². The Morgan fingerprint density at radius 2 is 1.71 bits per heavy atom. The van der Waals surface area contributed by atoms with Gasteiger partial charge in [0.1, 0.15) is 0 Å². The SMILES string of the molecule is CN1CCc2nc(C(=O)N[C@@H]3CCCC[C@@H]3NC(=O)c3ccc4cc(Br)ccc4c3)sc2C1.Cl. The van der Waals surface area contributed by atoms with Gasteiger partial charge in [-0.25, -0.2) is 4.98 Å². The summed E-state index contributed by atoms with van der Waals surface area (Å²) in [5, 5.41) is 9.00. The average molecular weight is 564 g/mol. The molecule has 1 fully saturated rings. The van der Waals surface area contributed by atoms with Gasteiger partial charge in [0.2, 0.25) is 0 Å². The van der Waals surface area contributed by atoms with Gasteiger partial charge >= 0.3 is 0 Å². The third-order valence-corrected chi connectivity index (χ3v) is 8.15. The molecule has 6 nitrogen and oxygen atoms in total. The number of likely N-dealkylation sites (N-methyl/N-ethyl adjacent to an activating group) is 1.